The van der Waals surface area contributed by atoms with Crippen LogP contribution in [-0.4, -0.2) is 17.2 Å². The average molecular weight is 234 g/mol. The van der Waals surface area contributed by atoms with Gasteiger partial charge in [0.2, 0.25) is 0 Å². The lowest BCUT2D eigenvalue weighted by molar-refractivity contribution is 0.685. The Morgan fingerprint density at radius 2 is 2.06 bits per heavy atom. The molecule has 3 nitrogen and oxygen atoms in total. The molecule has 2 aromatic rings. The first kappa shape index (κ1) is 11.0. The highest BCUT2D eigenvalue weighted by molar-refractivity contribution is 6.30. The van der Waals surface area contributed by atoms with Crippen LogP contribution >= 0.6 is 11.6 Å². The lowest BCUT2D eigenvalue weighted by atomic mass is 10.0. The van der Waals surface area contributed by atoms with Crippen LogP contribution in [0.15, 0.2) is 42.7 Å². The Labute approximate surface area is 99.5 Å². The summed E-state index contributed by atoms with van der Waals surface area (Å²) in [7, 11) is 1.91. The van der Waals surface area contributed by atoms with E-state index in [1.807, 2.05) is 37.4 Å². The van der Waals surface area contributed by atoms with Gasteiger partial charge in [-0.25, -0.2) is 0 Å². The fraction of sp³-hybridized carbons (Fsp3) is 0.167. The SMILES string of the molecule is CNC(c1ccnnc1)c1cccc(Cl)c1. The number of rotatable bonds is 3. The molecule has 0 fully saturated rings. The molecule has 1 atom stereocenters. The normalized spacial score (nSPS) is 12.4. The molecule has 1 N–H and O–H groups in total. The third kappa shape index (κ3) is 2.38. The molecule has 0 radical (unpaired) electrons. The van der Waals surface area contributed by atoms with E-state index in [0.29, 0.717) is 0 Å². The summed E-state index contributed by atoms with van der Waals surface area (Å²) in [5.74, 6) is 0. The van der Waals surface area contributed by atoms with Gasteiger partial charge in [-0.1, -0.05) is 23.7 Å². The Morgan fingerprint density at radius 1 is 1.19 bits per heavy atom. The molecule has 0 amide bonds. The van der Waals surface area contributed by atoms with Crippen LogP contribution in [0.2, 0.25) is 5.02 Å². The fourth-order valence-electron chi connectivity index (χ4n) is 1.68. The van der Waals surface area contributed by atoms with Gasteiger partial charge in [0.05, 0.1) is 12.2 Å². The van der Waals surface area contributed by atoms with Crippen LogP contribution in [0, 0.1) is 0 Å². The van der Waals surface area contributed by atoms with Crippen LogP contribution in [0.25, 0.3) is 0 Å². The van der Waals surface area contributed by atoms with Gasteiger partial charge in [-0.2, -0.15) is 10.2 Å². The van der Waals surface area contributed by atoms with Crippen molar-refractivity contribution in [3.05, 3.63) is 58.9 Å². The van der Waals surface area contributed by atoms with Crippen molar-refractivity contribution in [3.8, 4) is 0 Å². The zero-order valence-electron chi connectivity index (χ0n) is 8.89. The second-order valence-corrected chi connectivity index (χ2v) is 3.89. The molecule has 1 aromatic carbocycles. The Balaban J connectivity index is 2.37. The molecule has 2 rings (SSSR count). The summed E-state index contributed by atoms with van der Waals surface area (Å²) in [4.78, 5) is 0. The standard InChI is InChI=1S/C12H12ClN3/c1-14-12(10-5-6-15-16-8-10)9-3-2-4-11(13)7-9/h2-8,12,14H,1H3. The molecular weight excluding hydrogens is 222 g/mol. The molecule has 1 heterocycles. The van der Waals surface area contributed by atoms with Crippen molar-refractivity contribution in [2.24, 2.45) is 0 Å². The van der Waals surface area contributed by atoms with Gasteiger partial charge in [-0.15, -0.1) is 0 Å². The largest absolute Gasteiger partial charge is 0.309 e. The van der Waals surface area contributed by atoms with E-state index in [1.54, 1.807) is 12.4 Å². The van der Waals surface area contributed by atoms with Gasteiger partial charge in [0, 0.05) is 11.2 Å². The van der Waals surface area contributed by atoms with Gasteiger partial charge in [0.25, 0.3) is 0 Å². The molecular formula is C12H12ClN3. The van der Waals surface area contributed by atoms with Gasteiger partial charge in [-0.05, 0) is 36.4 Å². The highest BCUT2D eigenvalue weighted by atomic mass is 35.5. The number of nitrogens with zero attached hydrogens (tertiary/aromatic N) is 2. The number of benzene rings is 1. The summed E-state index contributed by atoms with van der Waals surface area (Å²) in [5, 5.41) is 11.6. The first-order valence-electron chi connectivity index (χ1n) is 5.00. The minimum absolute atomic E-state index is 0.0919. The zero-order valence-corrected chi connectivity index (χ0v) is 9.65. The lowest BCUT2D eigenvalue weighted by Crippen LogP contribution is -2.17. The van der Waals surface area contributed by atoms with Crippen molar-refractivity contribution in [3.63, 3.8) is 0 Å². The Bertz CT molecular complexity index is 459. The number of halogens is 1. The Morgan fingerprint density at radius 3 is 2.69 bits per heavy atom. The average Bonchev–Trinajstić information content (AvgIpc) is 2.31. The van der Waals surface area contributed by atoms with E-state index in [-0.39, 0.29) is 6.04 Å². The minimum Gasteiger partial charge on any atom is -0.309 e. The topological polar surface area (TPSA) is 37.8 Å². The van der Waals surface area contributed by atoms with Crippen molar-refractivity contribution < 1.29 is 0 Å². The molecule has 4 heteroatoms. The van der Waals surface area contributed by atoms with Crippen molar-refractivity contribution in [1.82, 2.24) is 15.5 Å². The van der Waals surface area contributed by atoms with Gasteiger partial charge in [-0.3, -0.25) is 0 Å². The van der Waals surface area contributed by atoms with Crippen LogP contribution in [0.5, 0.6) is 0 Å². The Hall–Kier alpha value is -1.45. The summed E-state index contributed by atoms with van der Waals surface area (Å²) in [5.41, 5.74) is 2.18. The van der Waals surface area contributed by atoms with E-state index in [4.69, 9.17) is 11.6 Å². The van der Waals surface area contributed by atoms with Gasteiger partial charge >= 0.3 is 0 Å². The second-order valence-electron chi connectivity index (χ2n) is 3.45. The molecule has 16 heavy (non-hydrogen) atoms. The van der Waals surface area contributed by atoms with E-state index in [1.165, 1.54) is 0 Å². The number of hydrogen-bond acceptors (Lipinski definition) is 3. The van der Waals surface area contributed by atoms with Crippen molar-refractivity contribution in [1.29, 1.82) is 0 Å². The summed E-state index contributed by atoms with van der Waals surface area (Å²) < 4.78 is 0. The van der Waals surface area contributed by atoms with Gasteiger partial charge < -0.3 is 5.32 Å². The fourth-order valence-corrected chi connectivity index (χ4v) is 1.88. The predicted molar refractivity (Wildman–Crippen MR) is 64.4 cm³/mol. The number of aromatic nitrogens is 2. The molecule has 0 aliphatic heterocycles. The maximum absolute atomic E-state index is 5.98. The summed E-state index contributed by atoms with van der Waals surface area (Å²) in [6.07, 6.45) is 3.44. The number of nitrogens with one attached hydrogen (secondary N) is 1. The van der Waals surface area contributed by atoms with E-state index < -0.39 is 0 Å². The van der Waals surface area contributed by atoms with Crippen LogP contribution < -0.4 is 5.32 Å². The second kappa shape index (κ2) is 5.05. The van der Waals surface area contributed by atoms with Gasteiger partial charge in [0.1, 0.15) is 0 Å². The summed E-state index contributed by atoms with van der Waals surface area (Å²) >= 11 is 5.98. The summed E-state index contributed by atoms with van der Waals surface area (Å²) in [6.45, 7) is 0. The third-order valence-corrected chi connectivity index (χ3v) is 2.65. The molecule has 1 aromatic heterocycles. The maximum Gasteiger partial charge on any atom is 0.0591 e. The molecule has 1 unspecified atom stereocenters. The summed E-state index contributed by atoms with van der Waals surface area (Å²) in [6, 6.07) is 9.82. The third-order valence-electron chi connectivity index (χ3n) is 2.41. The van der Waals surface area contributed by atoms with E-state index >= 15 is 0 Å². The van der Waals surface area contributed by atoms with E-state index in [0.717, 1.165) is 16.1 Å². The monoisotopic (exact) mass is 233 g/mol. The molecule has 0 saturated heterocycles. The smallest absolute Gasteiger partial charge is 0.0591 e. The van der Waals surface area contributed by atoms with Crippen molar-refractivity contribution in [2.45, 2.75) is 6.04 Å². The highest BCUT2D eigenvalue weighted by Crippen LogP contribution is 2.22. The number of hydrogen-bond donors (Lipinski definition) is 1. The quantitative estimate of drug-likeness (QED) is 0.885. The van der Waals surface area contributed by atoms with Crippen LogP contribution in [0.4, 0.5) is 0 Å². The Kier molecular flexibility index (Phi) is 3.49. The first-order valence-corrected chi connectivity index (χ1v) is 5.38. The van der Waals surface area contributed by atoms with Crippen LogP contribution in [0.1, 0.15) is 17.2 Å². The zero-order chi connectivity index (χ0) is 11.4. The maximum atomic E-state index is 5.98. The molecule has 0 aliphatic rings. The highest BCUT2D eigenvalue weighted by Gasteiger charge is 2.11. The van der Waals surface area contributed by atoms with E-state index in [9.17, 15) is 0 Å². The van der Waals surface area contributed by atoms with Crippen molar-refractivity contribution >= 4 is 11.6 Å². The van der Waals surface area contributed by atoms with Gasteiger partial charge in [0.15, 0.2) is 0 Å². The van der Waals surface area contributed by atoms with Crippen LogP contribution in [0.3, 0.4) is 0 Å². The predicted octanol–water partition coefficient (Wildman–Crippen LogP) is 2.44. The van der Waals surface area contributed by atoms with Crippen molar-refractivity contribution in [2.75, 3.05) is 7.05 Å². The molecule has 0 saturated carbocycles. The first-order chi connectivity index (χ1) is 7.81. The molecule has 0 bridgehead atoms. The molecule has 0 spiro atoms. The minimum atomic E-state index is 0.0919. The van der Waals surface area contributed by atoms with E-state index in [2.05, 4.69) is 15.5 Å². The molecule has 82 valence electrons. The van der Waals surface area contributed by atoms with Crippen LogP contribution in [-0.2, 0) is 0 Å². The molecule has 0 aliphatic carbocycles. The lowest BCUT2D eigenvalue weighted by Gasteiger charge is -2.16.